The van der Waals surface area contributed by atoms with Crippen molar-refractivity contribution in [2.75, 3.05) is 5.75 Å². The average Bonchev–Trinajstić information content (AvgIpc) is 3.15. The van der Waals surface area contributed by atoms with Crippen LogP contribution in [0.4, 0.5) is 0 Å². The molecule has 0 spiro atoms. The molecule has 138 valence electrons. The fourth-order valence-electron chi connectivity index (χ4n) is 2.76. The summed E-state index contributed by atoms with van der Waals surface area (Å²) >= 11 is 1.23. The molecule has 0 aliphatic rings. The summed E-state index contributed by atoms with van der Waals surface area (Å²) in [7, 11) is 0. The van der Waals surface area contributed by atoms with Gasteiger partial charge < -0.3 is 4.52 Å². The second-order valence-electron chi connectivity index (χ2n) is 6.10. The molecule has 3 rings (SSSR count). The summed E-state index contributed by atoms with van der Waals surface area (Å²) in [5, 5.41) is 4.08. The third-order valence-electron chi connectivity index (χ3n) is 4.10. The number of nitrogens with zero attached hydrogens (tertiary/aromatic N) is 2. The molecular weight excluding hydrogens is 360 g/mol. The third kappa shape index (κ3) is 5.37. The van der Waals surface area contributed by atoms with Crippen molar-refractivity contribution in [3.05, 3.63) is 83.5 Å². The van der Waals surface area contributed by atoms with Crippen LogP contribution in [0.25, 0.3) is 0 Å². The maximum Gasteiger partial charge on any atom is 0.234 e. The molecule has 0 bridgehead atoms. The molecule has 2 aromatic carbocycles. The van der Waals surface area contributed by atoms with Crippen LogP contribution in [0.5, 0.6) is 0 Å². The molecule has 0 amide bonds. The number of thioether (sulfide) groups is 1. The van der Waals surface area contributed by atoms with E-state index in [1.165, 1.54) is 18.7 Å². The largest absolute Gasteiger partial charge is 0.339 e. The van der Waals surface area contributed by atoms with E-state index in [4.69, 9.17) is 4.52 Å². The van der Waals surface area contributed by atoms with Crippen LogP contribution in [0, 0.1) is 0 Å². The molecule has 0 saturated heterocycles. The Balaban J connectivity index is 1.80. The molecule has 5 nitrogen and oxygen atoms in total. The zero-order chi connectivity index (χ0) is 19.1. The Morgan fingerprint density at radius 3 is 2.37 bits per heavy atom. The van der Waals surface area contributed by atoms with Gasteiger partial charge in [0.15, 0.2) is 16.7 Å². The number of Topliss-reactive ketones (excluding diaryl/α,β-unsaturated/α-hetero) is 1. The van der Waals surface area contributed by atoms with E-state index < -0.39 is 0 Å². The van der Waals surface area contributed by atoms with Crippen LogP contribution in [0.2, 0.25) is 0 Å². The lowest BCUT2D eigenvalue weighted by atomic mass is 9.91. The number of carbonyl (C=O) groups is 2. The van der Waals surface area contributed by atoms with Crippen LogP contribution in [-0.4, -0.2) is 26.8 Å². The van der Waals surface area contributed by atoms with E-state index >= 15 is 0 Å². The number of carbonyl (C=O) groups excluding carboxylic acids is 2. The molecule has 1 unspecified atom stereocenters. The molecule has 1 atom stereocenters. The number of ketones is 1. The standard InChI is InChI=1S/C21H20N2O3S/c1-15(24)27-13-12-20-22-21(26-23-20)18(16-8-4-2-5-9-16)14-19(25)17-10-6-3-7-11-17/h2-11,18H,12-14H2,1H3. The lowest BCUT2D eigenvalue weighted by Crippen LogP contribution is -2.10. The van der Waals surface area contributed by atoms with Gasteiger partial charge in [-0.25, -0.2) is 0 Å². The Labute approximate surface area is 162 Å². The van der Waals surface area contributed by atoms with Crippen LogP contribution in [-0.2, 0) is 11.2 Å². The Morgan fingerprint density at radius 1 is 1.04 bits per heavy atom. The SMILES string of the molecule is CC(=O)SCCc1noc(C(CC(=O)c2ccccc2)c2ccccc2)n1. The van der Waals surface area contributed by atoms with Gasteiger partial charge in [0.05, 0.1) is 5.92 Å². The number of hydrogen-bond donors (Lipinski definition) is 0. The van der Waals surface area contributed by atoms with E-state index in [-0.39, 0.29) is 23.2 Å². The van der Waals surface area contributed by atoms with Crippen LogP contribution in [0.15, 0.2) is 65.2 Å². The Hall–Kier alpha value is -2.73. The van der Waals surface area contributed by atoms with Gasteiger partial charge in [-0.3, -0.25) is 9.59 Å². The highest BCUT2D eigenvalue weighted by atomic mass is 32.2. The van der Waals surface area contributed by atoms with E-state index in [1.807, 2.05) is 60.7 Å². The Kier molecular flexibility index (Phi) is 6.54. The van der Waals surface area contributed by atoms with Crippen molar-refractivity contribution >= 4 is 22.7 Å². The first-order chi connectivity index (χ1) is 13.1. The second kappa shape index (κ2) is 9.28. The summed E-state index contributed by atoms with van der Waals surface area (Å²) in [5.41, 5.74) is 1.62. The van der Waals surface area contributed by atoms with Gasteiger partial charge in [-0.2, -0.15) is 4.98 Å². The maximum absolute atomic E-state index is 12.7. The fourth-order valence-corrected chi connectivity index (χ4v) is 3.33. The second-order valence-corrected chi connectivity index (χ2v) is 7.37. The molecule has 6 heteroatoms. The van der Waals surface area contributed by atoms with Crippen molar-refractivity contribution in [2.45, 2.75) is 25.7 Å². The number of rotatable bonds is 8. The first kappa shape index (κ1) is 19.0. The van der Waals surface area contributed by atoms with E-state index in [1.54, 1.807) is 0 Å². The molecule has 0 fully saturated rings. The molecule has 0 radical (unpaired) electrons. The molecule has 1 heterocycles. The molecule has 0 aliphatic carbocycles. The summed E-state index contributed by atoms with van der Waals surface area (Å²) < 4.78 is 5.47. The van der Waals surface area contributed by atoms with Gasteiger partial charge in [0, 0.05) is 31.1 Å². The van der Waals surface area contributed by atoms with Crippen molar-refractivity contribution in [3.8, 4) is 0 Å². The predicted molar refractivity (Wildman–Crippen MR) is 105 cm³/mol. The molecule has 0 N–H and O–H groups in total. The van der Waals surface area contributed by atoms with Crippen LogP contribution in [0.1, 0.15) is 46.9 Å². The average molecular weight is 380 g/mol. The minimum Gasteiger partial charge on any atom is -0.339 e. The zero-order valence-electron chi connectivity index (χ0n) is 15.0. The fraction of sp³-hybridized carbons (Fsp3) is 0.238. The minimum absolute atomic E-state index is 0.0244. The molecular formula is C21H20N2O3S. The molecule has 0 saturated carbocycles. The van der Waals surface area contributed by atoms with Crippen molar-refractivity contribution in [1.82, 2.24) is 10.1 Å². The van der Waals surface area contributed by atoms with E-state index in [0.29, 0.717) is 29.5 Å². The van der Waals surface area contributed by atoms with Crippen molar-refractivity contribution in [2.24, 2.45) is 0 Å². The third-order valence-corrected chi connectivity index (χ3v) is 4.91. The van der Waals surface area contributed by atoms with E-state index in [9.17, 15) is 9.59 Å². The minimum atomic E-state index is -0.305. The molecule has 0 aliphatic heterocycles. The molecule has 3 aromatic rings. The van der Waals surface area contributed by atoms with Gasteiger partial charge in [0.2, 0.25) is 5.89 Å². The van der Waals surface area contributed by atoms with Crippen molar-refractivity contribution in [1.29, 1.82) is 0 Å². The zero-order valence-corrected chi connectivity index (χ0v) is 15.8. The van der Waals surface area contributed by atoms with Crippen molar-refractivity contribution in [3.63, 3.8) is 0 Å². The van der Waals surface area contributed by atoms with Crippen LogP contribution < -0.4 is 0 Å². The Bertz CT molecular complexity index is 894. The van der Waals surface area contributed by atoms with Crippen LogP contribution >= 0.6 is 11.8 Å². The highest BCUT2D eigenvalue weighted by molar-refractivity contribution is 8.13. The molecule has 1 aromatic heterocycles. The summed E-state index contributed by atoms with van der Waals surface area (Å²) in [6, 6.07) is 18.9. The number of aryl methyl sites for hydroxylation is 1. The van der Waals surface area contributed by atoms with Crippen molar-refractivity contribution < 1.29 is 14.1 Å². The summed E-state index contributed by atoms with van der Waals surface area (Å²) in [6.45, 7) is 1.53. The topological polar surface area (TPSA) is 73.1 Å². The summed E-state index contributed by atoms with van der Waals surface area (Å²) in [4.78, 5) is 28.3. The quantitative estimate of drug-likeness (QED) is 0.543. The maximum atomic E-state index is 12.7. The monoisotopic (exact) mass is 380 g/mol. The van der Waals surface area contributed by atoms with Gasteiger partial charge in [0.25, 0.3) is 0 Å². The summed E-state index contributed by atoms with van der Waals surface area (Å²) in [5.74, 6) is 1.30. The normalized spacial score (nSPS) is 11.9. The lowest BCUT2D eigenvalue weighted by Gasteiger charge is -2.12. The van der Waals surface area contributed by atoms with Gasteiger partial charge in [-0.1, -0.05) is 77.6 Å². The highest BCUT2D eigenvalue weighted by Gasteiger charge is 2.24. The first-order valence-electron chi connectivity index (χ1n) is 8.72. The molecule has 27 heavy (non-hydrogen) atoms. The first-order valence-corrected chi connectivity index (χ1v) is 9.71. The number of benzene rings is 2. The van der Waals surface area contributed by atoms with Gasteiger partial charge in [-0.15, -0.1) is 0 Å². The van der Waals surface area contributed by atoms with Crippen LogP contribution in [0.3, 0.4) is 0 Å². The number of hydrogen-bond acceptors (Lipinski definition) is 6. The van der Waals surface area contributed by atoms with Gasteiger partial charge >= 0.3 is 0 Å². The van der Waals surface area contributed by atoms with Gasteiger partial charge in [-0.05, 0) is 5.56 Å². The van der Waals surface area contributed by atoms with Gasteiger partial charge in [0.1, 0.15) is 0 Å². The lowest BCUT2D eigenvalue weighted by molar-refractivity contribution is -0.109. The summed E-state index contributed by atoms with van der Waals surface area (Å²) in [6.07, 6.45) is 0.791. The van der Waals surface area contributed by atoms with E-state index in [0.717, 1.165) is 5.56 Å². The smallest absolute Gasteiger partial charge is 0.234 e. The predicted octanol–water partition coefficient (Wildman–Crippen LogP) is 4.30. The number of aromatic nitrogens is 2. The Morgan fingerprint density at radius 2 is 1.70 bits per heavy atom. The van der Waals surface area contributed by atoms with E-state index in [2.05, 4.69) is 10.1 Å². The highest BCUT2D eigenvalue weighted by Crippen LogP contribution is 2.28.